The van der Waals surface area contributed by atoms with E-state index >= 15 is 0 Å². The molecule has 136 valence electrons. The molecule has 0 bridgehead atoms. The van der Waals surface area contributed by atoms with Gasteiger partial charge in [0.05, 0.1) is 28.1 Å². The number of pyridine rings is 1. The number of ether oxygens (including phenoxy) is 1. The second-order valence-electron chi connectivity index (χ2n) is 6.43. The Hall–Kier alpha value is -3.06. The third kappa shape index (κ3) is 3.10. The number of nitrogen functional groups attached to an aromatic ring is 1. The number of aryl methyl sites for hydroxylation is 3. The van der Waals surface area contributed by atoms with Gasteiger partial charge in [-0.25, -0.2) is 19.7 Å². The fraction of sp³-hybridized carbons (Fsp3) is 0.200. The third-order valence-corrected chi connectivity index (χ3v) is 5.47. The zero-order chi connectivity index (χ0) is 19.1. The van der Waals surface area contributed by atoms with E-state index in [1.807, 2.05) is 51.1 Å². The number of anilines is 1. The molecule has 0 spiro atoms. The number of carbonyl (C=O) groups excluding carboxylic acids is 1. The molecular formula is C20H18N4O2S. The molecule has 4 aromatic rings. The van der Waals surface area contributed by atoms with E-state index in [-0.39, 0.29) is 6.61 Å². The molecule has 0 fully saturated rings. The van der Waals surface area contributed by atoms with E-state index in [2.05, 4.69) is 15.0 Å². The van der Waals surface area contributed by atoms with Gasteiger partial charge < -0.3 is 10.5 Å². The maximum Gasteiger partial charge on any atom is 0.350 e. The van der Waals surface area contributed by atoms with Gasteiger partial charge >= 0.3 is 5.97 Å². The van der Waals surface area contributed by atoms with Crippen LogP contribution in [0.2, 0.25) is 0 Å². The van der Waals surface area contributed by atoms with E-state index in [1.54, 1.807) is 0 Å². The fourth-order valence-corrected chi connectivity index (χ4v) is 4.19. The number of hydrogen-bond donors (Lipinski definition) is 1. The van der Waals surface area contributed by atoms with Gasteiger partial charge in [0.1, 0.15) is 16.3 Å². The molecule has 7 heteroatoms. The molecule has 2 N–H and O–H groups in total. The van der Waals surface area contributed by atoms with Crippen molar-refractivity contribution in [2.45, 2.75) is 27.4 Å². The normalized spacial score (nSPS) is 11.2. The highest BCUT2D eigenvalue weighted by Crippen LogP contribution is 2.35. The van der Waals surface area contributed by atoms with Crippen LogP contribution in [0.4, 0.5) is 5.69 Å². The average Bonchev–Trinajstić information content (AvgIpc) is 2.96. The SMILES string of the molecule is Cc1cc(C)c2c(N)c(C(=O)OCc3nc4ccccc4nc3C)sc2n1. The summed E-state index contributed by atoms with van der Waals surface area (Å²) in [6.07, 6.45) is 0. The monoisotopic (exact) mass is 378 g/mol. The lowest BCUT2D eigenvalue weighted by Crippen LogP contribution is -2.08. The van der Waals surface area contributed by atoms with Gasteiger partial charge in [0.15, 0.2) is 0 Å². The molecule has 1 aromatic carbocycles. The van der Waals surface area contributed by atoms with Crippen LogP contribution < -0.4 is 5.73 Å². The van der Waals surface area contributed by atoms with Gasteiger partial charge in [0.25, 0.3) is 0 Å². The Morgan fingerprint density at radius 1 is 1.11 bits per heavy atom. The first-order chi connectivity index (χ1) is 12.9. The summed E-state index contributed by atoms with van der Waals surface area (Å²) in [6, 6.07) is 9.55. The van der Waals surface area contributed by atoms with Crippen molar-refractivity contribution in [3.8, 4) is 0 Å². The summed E-state index contributed by atoms with van der Waals surface area (Å²) in [7, 11) is 0. The Morgan fingerprint density at radius 3 is 2.56 bits per heavy atom. The van der Waals surface area contributed by atoms with Crippen LogP contribution in [0, 0.1) is 20.8 Å². The van der Waals surface area contributed by atoms with E-state index < -0.39 is 5.97 Å². The Labute approximate surface area is 160 Å². The molecule has 0 saturated carbocycles. The van der Waals surface area contributed by atoms with E-state index in [9.17, 15) is 4.79 Å². The van der Waals surface area contributed by atoms with E-state index in [0.717, 1.165) is 38.2 Å². The van der Waals surface area contributed by atoms with Crippen molar-refractivity contribution in [3.05, 3.63) is 57.9 Å². The minimum atomic E-state index is -0.470. The van der Waals surface area contributed by atoms with Crippen molar-refractivity contribution in [1.82, 2.24) is 15.0 Å². The zero-order valence-corrected chi connectivity index (χ0v) is 16.1. The predicted molar refractivity (Wildman–Crippen MR) is 107 cm³/mol. The number of carbonyl (C=O) groups is 1. The summed E-state index contributed by atoms with van der Waals surface area (Å²) in [6.45, 7) is 5.78. The number of rotatable bonds is 3. The van der Waals surface area contributed by atoms with Gasteiger partial charge in [-0.1, -0.05) is 12.1 Å². The lowest BCUT2D eigenvalue weighted by atomic mass is 10.1. The molecule has 4 rings (SSSR count). The molecule has 0 aliphatic rings. The van der Waals surface area contributed by atoms with Gasteiger partial charge in [-0.3, -0.25) is 0 Å². The van der Waals surface area contributed by atoms with E-state index in [0.29, 0.717) is 16.3 Å². The molecule has 0 amide bonds. The van der Waals surface area contributed by atoms with Gasteiger partial charge in [0.2, 0.25) is 0 Å². The molecule has 0 saturated heterocycles. The van der Waals surface area contributed by atoms with Crippen LogP contribution in [0.3, 0.4) is 0 Å². The number of hydrogen-bond acceptors (Lipinski definition) is 7. The molecule has 0 unspecified atom stereocenters. The topological polar surface area (TPSA) is 91.0 Å². The zero-order valence-electron chi connectivity index (χ0n) is 15.2. The van der Waals surface area contributed by atoms with E-state index in [1.165, 1.54) is 11.3 Å². The number of nitrogens with zero attached hydrogens (tertiary/aromatic N) is 3. The molecule has 27 heavy (non-hydrogen) atoms. The van der Waals surface area contributed by atoms with Crippen LogP contribution in [0.25, 0.3) is 21.3 Å². The number of thiophene rings is 1. The first-order valence-electron chi connectivity index (χ1n) is 8.49. The van der Waals surface area contributed by atoms with E-state index in [4.69, 9.17) is 10.5 Å². The maximum atomic E-state index is 12.6. The largest absolute Gasteiger partial charge is 0.455 e. The number of esters is 1. The van der Waals surface area contributed by atoms with Crippen molar-refractivity contribution >= 4 is 44.2 Å². The van der Waals surface area contributed by atoms with Crippen LogP contribution >= 0.6 is 11.3 Å². The van der Waals surface area contributed by atoms with Crippen LogP contribution in [0.5, 0.6) is 0 Å². The minimum Gasteiger partial charge on any atom is -0.455 e. The van der Waals surface area contributed by atoms with Gasteiger partial charge in [-0.05, 0) is 44.5 Å². The molecule has 0 radical (unpaired) electrons. The van der Waals surface area contributed by atoms with Crippen molar-refractivity contribution < 1.29 is 9.53 Å². The number of nitrogens with two attached hydrogens (primary N) is 1. The van der Waals surface area contributed by atoms with Crippen LogP contribution in [-0.4, -0.2) is 20.9 Å². The lowest BCUT2D eigenvalue weighted by Gasteiger charge is -2.07. The number of fused-ring (bicyclic) bond motifs is 2. The summed E-state index contributed by atoms with van der Waals surface area (Å²) in [5, 5.41) is 0.819. The number of benzene rings is 1. The summed E-state index contributed by atoms with van der Waals surface area (Å²) in [5.41, 5.74) is 11.5. The minimum absolute atomic E-state index is 0.0433. The van der Waals surface area contributed by atoms with Crippen LogP contribution in [-0.2, 0) is 11.3 Å². The molecule has 0 aliphatic carbocycles. The molecule has 6 nitrogen and oxygen atoms in total. The fourth-order valence-electron chi connectivity index (χ4n) is 3.08. The highest BCUT2D eigenvalue weighted by molar-refractivity contribution is 7.21. The van der Waals surface area contributed by atoms with Gasteiger partial charge in [0, 0.05) is 11.1 Å². The van der Waals surface area contributed by atoms with Crippen molar-refractivity contribution in [2.75, 3.05) is 5.73 Å². The number of para-hydroxylation sites is 2. The highest BCUT2D eigenvalue weighted by Gasteiger charge is 2.20. The molecule has 3 aromatic heterocycles. The Morgan fingerprint density at radius 2 is 1.81 bits per heavy atom. The first kappa shape index (κ1) is 17.4. The summed E-state index contributed by atoms with van der Waals surface area (Å²) in [5.74, 6) is -0.470. The molecule has 0 atom stereocenters. The van der Waals surface area contributed by atoms with Gasteiger partial charge in [-0.15, -0.1) is 11.3 Å². The average molecular weight is 378 g/mol. The third-order valence-electron chi connectivity index (χ3n) is 4.39. The second kappa shape index (κ2) is 6.59. The van der Waals surface area contributed by atoms with Crippen molar-refractivity contribution in [3.63, 3.8) is 0 Å². The lowest BCUT2D eigenvalue weighted by molar-refractivity contribution is 0.0474. The molecular weight excluding hydrogens is 360 g/mol. The Balaban J connectivity index is 1.62. The highest BCUT2D eigenvalue weighted by atomic mass is 32.1. The van der Waals surface area contributed by atoms with Gasteiger partial charge in [-0.2, -0.15) is 0 Å². The standard InChI is InChI=1S/C20H18N4O2S/c1-10-8-11(2)22-19-16(10)17(21)18(27-19)20(25)26-9-15-12(3)23-13-6-4-5-7-14(13)24-15/h4-8H,9,21H2,1-3H3. The summed E-state index contributed by atoms with van der Waals surface area (Å²) >= 11 is 1.26. The summed E-state index contributed by atoms with van der Waals surface area (Å²) < 4.78 is 5.49. The predicted octanol–water partition coefficient (Wildman–Crippen LogP) is 4.10. The van der Waals surface area contributed by atoms with Crippen molar-refractivity contribution in [2.24, 2.45) is 0 Å². The van der Waals surface area contributed by atoms with Crippen LogP contribution in [0.15, 0.2) is 30.3 Å². The first-order valence-corrected chi connectivity index (χ1v) is 9.31. The Bertz CT molecular complexity index is 1200. The quantitative estimate of drug-likeness (QED) is 0.540. The molecule has 0 aliphatic heterocycles. The Kier molecular flexibility index (Phi) is 4.24. The molecule has 3 heterocycles. The number of aromatic nitrogens is 3. The van der Waals surface area contributed by atoms with Crippen LogP contribution in [0.1, 0.15) is 32.3 Å². The smallest absolute Gasteiger partial charge is 0.350 e. The second-order valence-corrected chi connectivity index (χ2v) is 7.43. The summed E-state index contributed by atoms with van der Waals surface area (Å²) in [4.78, 5) is 27.3. The maximum absolute atomic E-state index is 12.6. The van der Waals surface area contributed by atoms with Crippen molar-refractivity contribution in [1.29, 1.82) is 0 Å².